The van der Waals surface area contributed by atoms with Crippen LogP contribution in [0.2, 0.25) is 0 Å². The molecule has 1 aliphatic carbocycles. The SMILES string of the molecule is COc1c(Br)cc2c(c1C(=O)C(=O)O)CCCC2. The van der Waals surface area contributed by atoms with E-state index in [9.17, 15) is 9.59 Å². The van der Waals surface area contributed by atoms with Gasteiger partial charge in [0.15, 0.2) is 0 Å². The van der Waals surface area contributed by atoms with Gasteiger partial charge in [0.2, 0.25) is 0 Å². The van der Waals surface area contributed by atoms with Crippen molar-refractivity contribution in [2.24, 2.45) is 0 Å². The molecule has 2 rings (SSSR count). The second-order valence-electron chi connectivity index (χ2n) is 4.25. The van der Waals surface area contributed by atoms with E-state index in [1.54, 1.807) is 0 Å². The van der Waals surface area contributed by atoms with Gasteiger partial charge in [0.05, 0.1) is 17.1 Å². The van der Waals surface area contributed by atoms with Gasteiger partial charge in [-0.2, -0.15) is 0 Å². The Kier molecular flexibility index (Phi) is 3.71. The van der Waals surface area contributed by atoms with Crippen LogP contribution in [0, 0.1) is 0 Å². The van der Waals surface area contributed by atoms with E-state index < -0.39 is 11.8 Å². The summed E-state index contributed by atoms with van der Waals surface area (Å²) in [5, 5.41) is 8.93. The van der Waals surface area contributed by atoms with Crippen molar-refractivity contribution in [2.45, 2.75) is 25.7 Å². The first-order valence-corrected chi connectivity index (χ1v) is 6.51. The molecule has 1 aliphatic rings. The van der Waals surface area contributed by atoms with E-state index in [1.165, 1.54) is 7.11 Å². The molecule has 1 aromatic rings. The average Bonchev–Trinajstić information content (AvgIpc) is 2.36. The third-order valence-electron chi connectivity index (χ3n) is 3.18. The number of aryl methyl sites for hydroxylation is 1. The molecular weight excluding hydrogens is 300 g/mol. The molecule has 0 atom stereocenters. The molecule has 0 saturated carbocycles. The van der Waals surface area contributed by atoms with Gasteiger partial charge in [-0.3, -0.25) is 4.79 Å². The molecule has 0 unspecified atom stereocenters. The largest absolute Gasteiger partial charge is 0.495 e. The third-order valence-corrected chi connectivity index (χ3v) is 3.77. The maximum absolute atomic E-state index is 11.8. The number of rotatable bonds is 3. The second-order valence-corrected chi connectivity index (χ2v) is 5.10. The van der Waals surface area contributed by atoms with Crippen molar-refractivity contribution in [2.75, 3.05) is 7.11 Å². The number of carboxylic acids is 1. The Hall–Kier alpha value is -1.36. The molecule has 18 heavy (non-hydrogen) atoms. The quantitative estimate of drug-likeness (QED) is 0.688. The number of ether oxygens (including phenoxy) is 1. The molecule has 5 heteroatoms. The highest BCUT2D eigenvalue weighted by Crippen LogP contribution is 2.37. The number of ketones is 1. The molecule has 0 spiro atoms. The summed E-state index contributed by atoms with van der Waals surface area (Å²) < 4.78 is 5.82. The predicted molar refractivity (Wildman–Crippen MR) is 69.3 cm³/mol. The molecular formula is C13H13BrO4. The minimum absolute atomic E-state index is 0.203. The number of hydrogen-bond acceptors (Lipinski definition) is 3. The van der Waals surface area contributed by atoms with Crippen LogP contribution in [-0.4, -0.2) is 24.0 Å². The van der Waals surface area contributed by atoms with Crippen LogP contribution >= 0.6 is 15.9 Å². The Bertz CT molecular complexity index is 522. The van der Waals surface area contributed by atoms with Gasteiger partial charge in [0.1, 0.15) is 5.75 Å². The molecule has 1 N–H and O–H groups in total. The maximum atomic E-state index is 11.8. The third kappa shape index (κ3) is 2.14. The topological polar surface area (TPSA) is 63.6 Å². The Morgan fingerprint density at radius 1 is 1.33 bits per heavy atom. The molecule has 1 aromatic carbocycles. The van der Waals surface area contributed by atoms with Gasteiger partial charge in [-0.1, -0.05) is 0 Å². The number of methoxy groups -OCH3 is 1. The minimum Gasteiger partial charge on any atom is -0.495 e. The summed E-state index contributed by atoms with van der Waals surface area (Å²) in [5.41, 5.74) is 2.07. The normalized spacial score (nSPS) is 13.9. The number of halogens is 1. The predicted octanol–water partition coefficient (Wildman–Crippen LogP) is 2.60. The molecule has 0 fully saturated rings. The van der Waals surface area contributed by atoms with Crippen LogP contribution in [0.5, 0.6) is 5.75 Å². The fourth-order valence-electron chi connectivity index (χ4n) is 2.40. The number of carboxylic acid groups (broad SMARTS) is 1. The molecule has 0 aromatic heterocycles. The summed E-state index contributed by atoms with van der Waals surface area (Å²) in [7, 11) is 1.44. The Morgan fingerprint density at radius 2 is 2.00 bits per heavy atom. The summed E-state index contributed by atoms with van der Waals surface area (Å²) in [5.74, 6) is -2.02. The van der Waals surface area contributed by atoms with Crippen molar-refractivity contribution in [1.82, 2.24) is 0 Å². The van der Waals surface area contributed by atoms with Crippen LogP contribution < -0.4 is 4.74 Å². The monoisotopic (exact) mass is 312 g/mol. The first-order valence-electron chi connectivity index (χ1n) is 5.72. The number of Topliss-reactive ketones (excluding diaryl/α,β-unsaturated/α-hetero) is 1. The van der Waals surface area contributed by atoms with Crippen molar-refractivity contribution in [3.63, 3.8) is 0 Å². The van der Waals surface area contributed by atoms with Crippen molar-refractivity contribution < 1.29 is 19.4 Å². The summed E-state index contributed by atoms with van der Waals surface area (Å²) in [6.45, 7) is 0. The molecule has 0 aliphatic heterocycles. The first kappa shape index (κ1) is 13.1. The summed E-state index contributed by atoms with van der Waals surface area (Å²) in [6.07, 6.45) is 3.63. The molecule has 96 valence electrons. The Morgan fingerprint density at radius 3 is 2.61 bits per heavy atom. The van der Waals surface area contributed by atoms with E-state index in [0.717, 1.165) is 36.8 Å². The van der Waals surface area contributed by atoms with Crippen molar-refractivity contribution >= 4 is 27.7 Å². The van der Waals surface area contributed by atoms with Crippen molar-refractivity contribution in [3.8, 4) is 5.75 Å². The van der Waals surface area contributed by atoms with Crippen molar-refractivity contribution in [1.29, 1.82) is 0 Å². The molecule has 0 heterocycles. The lowest BCUT2D eigenvalue weighted by Crippen LogP contribution is -2.19. The molecule has 0 radical (unpaired) electrons. The van der Waals surface area contributed by atoms with Gasteiger partial charge in [0, 0.05) is 0 Å². The highest BCUT2D eigenvalue weighted by molar-refractivity contribution is 9.10. The average molecular weight is 313 g/mol. The molecule has 0 amide bonds. The second kappa shape index (κ2) is 5.10. The maximum Gasteiger partial charge on any atom is 0.377 e. The van der Waals surface area contributed by atoms with Crippen molar-refractivity contribution in [3.05, 3.63) is 27.2 Å². The van der Waals surface area contributed by atoms with Crippen LogP contribution in [0.15, 0.2) is 10.5 Å². The molecule has 0 bridgehead atoms. The highest BCUT2D eigenvalue weighted by Gasteiger charge is 2.28. The Labute approximate surface area is 113 Å². The summed E-state index contributed by atoms with van der Waals surface area (Å²) >= 11 is 3.33. The fraction of sp³-hybridized carbons (Fsp3) is 0.385. The highest BCUT2D eigenvalue weighted by atomic mass is 79.9. The molecule has 4 nitrogen and oxygen atoms in total. The number of hydrogen-bond donors (Lipinski definition) is 1. The van der Waals surface area contributed by atoms with Crippen LogP contribution in [0.4, 0.5) is 0 Å². The number of aliphatic carboxylic acids is 1. The van der Waals surface area contributed by atoms with Gasteiger partial charge in [-0.15, -0.1) is 0 Å². The zero-order valence-corrected chi connectivity index (χ0v) is 11.5. The smallest absolute Gasteiger partial charge is 0.377 e. The van der Waals surface area contributed by atoms with E-state index in [4.69, 9.17) is 9.84 Å². The fourth-order valence-corrected chi connectivity index (χ4v) is 3.03. The number of carbonyl (C=O) groups excluding carboxylic acids is 1. The van der Waals surface area contributed by atoms with Gasteiger partial charge in [0.25, 0.3) is 5.78 Å². The zero-order valence-electron chi connectivity index (χ0n) is 9.96. The van der Waals surface area contributed by atoms with E-state index >= 15 is 0 Å². The standard InChI is InChI=1S/C13H13BrO4/c1-18-12-9(14)6-7-4-2-3-5-8(7)10(12)11(15)13(16)17/h6H,2-5H2,1H3,(H,16,17). The van der Waals surface area contributed by atoms with E-state index in [2.05, 4.69) is 15.9 Å². The number of benzene rings is 1. The van der Waals surface area contributed by atoms with Gasteiger partial charge in [-0.25, -0.2) is 4.79 Å². The van der Waals surface area contributed by atoms with E-state index in [1.807, 2.05) is 6.07 Å². The summed E-state index contributed by atoms with van der Waals surface area (Å²) in [6, 6.07) is 1.92. The van der Waals surface area contributed by atoms with Crippen LogP contribution in [0.1, 0.15) is 34.3 Å². The van der Waals surface area contributed by atoms with E-state index in [-0.39, 0.29) is 5.56 Å². The molecule has 0 saturated heterocycles. The zero-order chi connectivity index (χ0) is 13.3. The first-order chi connectivity index (χ1) is 8.56. The van der Waals surface area contributed by atoms with E-state index in [0.29, 0.717) is 10.2 Å². The van der Waals surface area contributed by atoms with Crippen LogP contribution in [0.25, 0.3) is 0 Å². The lowest BCUT2D eigenvalue weighted by Gasteiger charge is -2.21. The number of carbonyl (C=O) groups is 2. The minimum atomic E-state index is -1.45. The van der Waals surface area contributed by atoms with Gasteiger partial charge < -0.3 is 9.84 Å². The van der Waals surface area contributed by atoms with Gasteiger partial charge in [-0.05, 0) is 58.8 Å². The van der Waals surface area contributed by atoms with Crippen LogP contribution in [-0.2, 0) is 17.6 Å². The summed E-state index contributed by atoms with van der Waals surface area (Å²) in [4.78, 5) is 22.8. The van der Waals surface area contributed by atoms with Gasteiger partial charge >= 0.3 is 5.97 Å². The lowest BCUT2D eigenvalue weighted by molar-refractivity contribution is -0.131. The van der Waals surface area contributed by atoms with Crippen LogP contribution in [0.3, 0.4) is 0 Å². The Balaban J connectivity index is 2.69. The number of fused-ring (bicyclic) bond motifs is 1. The lowest BCUT2D eigenvalue weighted by atomic mass is 9.86.